The van der Waals surface area contributed by atoms with Gasteiger partial charge in [-0.25, -0.2) is 0 Å². The van der Waals surface area contributed by atoms with Gasteiger partial charge in [0.1, 0.15) is 5.75 Å². The van der Waals surface area contributed by atoms with Gasteiger partial charge in [0.05, 0.1) is 6.61 Å². The van der Waals surface area contributed by atoms with Gasteiger partial charge in [0.25, 0.3) is 0 Å². The fourth-order valence-corrected chi connectivity index (χ4v) is 3.11. The quantitative estimate of drug-likeness (QED) is 0.832. The lowest BCUT2D eigenvalue weighted by Gasteiger charge is -2.17. The zero-order chi connectivity index (χ0) is 13.4. The molecule has 0 spiro atoms. The number of rotatable bonds is 4. The zero-order valence-corrected chi connectivity index (χ0v) is 11.7. The van der Waals surface area contributed by atoms with E-state index in [9.17, 15) is 4.79 Å². The van der Waals surface area contributed by atoms with Crippen molar-refractivity contribution < 1.29 is 9.53 Å². The Bertz CT molecular complexity index is 498. The number of nitrogens with zero attached hydrogens (tertiary/aromatic N) is 1. The molecule has 1 aliphatic heterocycles. The molecule has 2 atom stereocenters. The van der Waals surface area contributed by atoms with Crippen molar-refractivity contribution in [1.82, 2.24) is 4.90 Å². The molecule has 3 heteroatoms. The summed E-state index contributed by atoms with van der Waals surface area (Å²) >= 11 is 0. The lowest BCUT2D eigenvalue weighted by atomic mass is 10.0. The first-order valence-corrected chi connectivity index (χ1v) is 7.22. The Hall–Kier alpha value is -1.51. The molecule has 19 heavy (non-hydrogen) atoms. The van der Waals surface area contributed by atoms with Crippen molar-refractivity contribution in [3.8, 4) is 5.75 Å². The van der Waals surface area contributed by atoms with Gasteiger partial charge in [-0.15, -0.1) is 0 Å². The molecule has 1 fully saturated rings. The Balaban J connectivity index is 1.73. The van der Waals surface area contributed by atoms with Crippen molar-refractivity contribution in [3.63, 3.8) is 0 Å². The molecule has 1 saturated carbocycles. The van der Waals surface area contributed by atoms with Crippen LogP contribution in [0.15, 0.2) is 18.2 Å². The Morgan fingerprint density at radius 3 is 3.11 bits per heavy atom. The van der Waals surface area contributed by atoms with E-state index >= 15 is 0 Å². The lowest BCUT2D eigenvalue weighted by molar-refractivity contribution is -0.130. The standard InChI is InChI=1S/C16H21NO2/c1-3-5-16(18)17(2)14-10-13(14)11-6-4-7-15-12(11)8-9-19-15/h4,6-7,13-14H,3,5,8-10H2,1-2H3. The van der Waals surface area contributed by atoms with E-state index in [0.29, 0.717) is 18.4 Å². The van der Waals surface area contributed by atoms with Crippen molar-refractivity contribution in [2.24, 2.45) is 0 Å². The molecule has 1 aromatic carbocycles. The van der Waals surface area contributed by atoms with Crippen LogP contribution in [-0.2, 0) is 11.2 Å². The average Bonchev–Trinajstić information content (AvgIpc) is 3.06. The van der Waals surface area contributed by atoms with Crippen LogP contribution in [0.4, 0.5) is 0 Å². The van der Waals surface area contributed by atoms with Crippen LogP contribution >= 0.6 is 0 Å². The molecule has 2 aliphatic rings. The average molecular weight is 259 g/mol. The molecular formula is C16H21NO2. The number of ether oxygens (including phenoxy) is 1. The van der Waals surface area contributed by atoms with Crippen LogP contribution in [0.5, 0.6) is 5.75 Å². The van der Waals surface area contributed by atoms with Crippen LogP contribution < -0.4 is 4.74 Å². The Labute approximate surface area is 114 Å². The Kier molecular flexibility index (Phi) is 3.21. The van der Waals surface area contributed by atoms with Crippen LogP contribution in [0.1, 0.15) is 43.2 Å². The first-order valence-electron chi connectivity index (χ1n) is 7.22. The zero-order valence-electron chi connectivity index (χ0n) is 11.7. The summed E-state index contributed by atoms with van der Waals surface area (Å²) < 4.78 is 5.62. The summed E-state index contributed by atoms with van der Waals surface area (Å²) in [7, 11) is 1.95. The minimum absolute atomic E-state index is 0.277. The summed E-state index contributed by atoms with van der Waals surface area (Å²) in [6.45, 7) is 2.85. The summed E-state index contributed by atoms with van der Waals surface area (Å²) in [6.07, 6.45) is 3.70. The minimum atomic E-state index is 0.277. The molecule has 1 amide bonds. The smallest absolute Gasteiger partial charge is 0.222 e. The summed E-state index contributed by atoms with van der Waals surface area (Å²) in [6, 6.07) is 6.72. The van der Waals surface area contributed by atoms with E-state index < -0.39 is 0 Å². The van der Waals surface area contributed by atoms with Crippen molar-refractivity contribution in [3.05, 3.63) is 29.3 Å². The van der Waals surface area contributed by atoms with Crippen LogP contribution in [0.25, 0.3) is 0 Å². The van der Waals surface area contributed by atoms with Gasteiger partial charge in [0.15, 0.2) is 0 Å². The first kappa shape index (κ1) is 12.5. The van der Waals surface area contributed by atoms with Crippen LogP contribution in [0.2, 0.25) is 0 Å². The fraction of sp³-hybridized carbons (Fsp3) is 0.562. The maximum atomic E-state index is 11.9. The lowest BCUT2D eigenvalue weighted by Crippen LogP contribution is -2.29. The maximum absolute atomic E-state index is 11.9. The number of hydrogen-bond donors (Lipinski definition) is 0. The molecule has 3 nitrogen and oxygen atoms in total. The van der Waals surface area contributed by atoms with Gasteiger partial charge in [-0.05, 0) is 24.5 Å². The van der Waals surface area contributed by atoms with Crippen molar-refractivity contribution in [2.75, 3.05) is 13.7 Å². The highest BCUT2D eigenvalue weighted by atomic mass is 16.5. The van der Waals surface area contributed by atoms with Gasteiger partial charge < -0.3 is 9.64 Å². The first-order chi connectivity index (χ1) is 9.22. The van der Waals surface area contributed by atoms with E-state index in [4.69, 9.17) is 4.74 Å². The molecule has 102 valence electrons. The summed E-state index contributed by atoms with van der Waals surface area (Å²) in [5.41, 5.74) is 2.77. The Morgan fingerprint density at radius 1 is 1.47 bits per heavy atom. The SMILES string of the molecule is CCCC(=O)N(C)C1CC1c1cccc2c1CCO2. The minimum Gasteiger partial charge on any atom is -0.493 e. The molecule has 0 saturated heterocycles. The van der Waals surface area contributed by atoms with E-state index in [1.165, 1.54) is 11.1 Å². The second kappa shape index (κ2) is 4.87. The number of fused-ring (bicyclic) bond motifs is 1. The molecule has 3 rings (SSSR count). The fourth-order valence-electron chi connectivity index (χ4n) is 3.11. The van der Waals surface area contributed by atoms with Gasteiger partial charge in [-0.2, -0.15) is 0 Å². The third kappa shape index (κ3) is 2.22. The van der Waals surface area contributed by atoms with Gasteiger partial charge in [-0.3, -0.25) is 4.79 Å². The monoisotopic (exact) mass is 259 g/mol. The second-order valence-electron chi connectivity index (χ2n) is 5.59. The molecule has 2 unspecified atom stereocenters. The van der Waals surface area contributed by atoms with E-state index in [1.807, 2.05) is 11.9 Å². The number of likely N-dealkylation sites (N-methyl/N-ethyl adjacent to an activating group) is 1. The number of amides is 1. The third-order valence-corrected chi connectivity index (χ3v) is 4.29. The van der Waals surface area contributed by atoms with Crippen LogP contribution in [-0.4, -0.2) is 30.5 Å². The highest BCUT2D eigenvalue weighted by Gasteiger charge is 2.44. The number of carbonyl (C=O) groups excluding carboxylic acids is 1. The van der Waals surface area contributed by atoms with Gasteiger partial charge >= 0.3 is 0 Å². The normalized spacial score (nSPS) is 23.7. The van der Waals surface area contributed by atoms with Crippen molar-refractivity contribution in [2.45, 2.75) is 44.6 Å². The van der Waals surface area contributed by atoms with Crippen molar-refractivity contribution >= 4 is 5.91 Å². The number of carbonyl (C=O) groups is 1. The van der Waals surface area contributed by atoms with Gasteiger partial charge in [0.2, 0.25) is 5.91 Å². The van der Waals surface area contributed by atoms with Crippen LogP contribution in [0.3, 0.4) is 0 Å². The van der Waals surface area contributed by atoms with E-state index in [0.717, 1.165) is 31.6 Å². The molecule has 1 aromatic rings. The summed E-state index contributed by atoms with van der Waals surface area (Å²) in [4.78, 5) is 13.9. The number of hydrogen-bond acceptors (Lipinski definition) is 2. The van der Waals surface area contributed by atoms with E-state index in [1.54, 1.807) is 0 Å². The molecule has 0 N–H and O–H groups in total. The van der Waals surface area contributed by atoms with Crippen LogP contribution in [0, 0.1) is 0 Å². The van der Waals surface area contributed by atoms with Gasteiger partial charge in [-0.1, -0.05) is 19.1 Å². The summed E-state index contributed by atoms with van der Waals surface area (Å²) in [5.74, 6) is 1.84. The molecule has 0 bridgehead atoms. The number of benzene rings is 1. The van der Waals surface area contributed by atoms with E-state index in [-0.39, 0.29) is 5.91 Å². The van der Waals surface area contributed by atoms with Gasteiger partial charge in [0, 0.05) is 37.4 Å². The highest BCUT2D eigenvalue weighted by Crippen LogP contribution is 2.48. The topological polar surface area (TPSA) is 29.5 Å². The van der Waals surface area contributed by atoms with E-state index in [2.05, 4.69) is 25.1 Å². The maximum Gasteiger partial charge on any atom is 0.222 e. The Morgan fingerprint density at radius 2 is 2.32 bits per heavy atom. The molecule has 0 radical (unpaired) electrons. The van der Waals surface area contributed by atoms with Crippen molar-refractivity contribution in [1.29, 1.82) is 0 Å². The molecular weight excluding hydrogens is 238 g/mol. The molecule has 1 heterocycles. The summed E-state index contributed by atoms with van der Waals surface area (Å²) in [5, 5.41) is 0. The molecule has 0 aromatic heterocycles. The predicted octanol–water partition coefficient (Wildman–Crippen LogP) is 2.74. The molecule has 1 aliphatic carbocycles. The third-order valence-electron chi connectivity index (χ3n) is 4.29. The highest BCUT2D eigenvalue weighted by molar-refractivity contribution is 5.76. The predicted molar refractivity (Wildman–Crippen MR) is 74.5 cm³/mol. The second-order valence-corrected chi connectivity index (χ2v) is 5.59. The largest absolute Gasteiger partial charge is 0.493 e.